The fourth-order valence-electron chi connectivity index (χ4n) is 4.42. The topological polar surface area (TPSA) is 84.0 Å². The van der Waals surface area contributed by atoms with E-state index >= 15 is 0 Å². The maximum absolute atomic E-state index is 12.9. The van der Waals surface area contributed by atoms with Crippen LogP contribution < -0.4 is 0 Å². The zero-order chi connectivity index (χ0) is 19.8. The Kier molecular flexibility index (Phi) is 5.50. The quantitative estimate of drug-likeness (QED) is 0.714. The molecule has 4 rings (SSSR count). The van der Waals surface area contributed by atoms with Gasteiger partial charge in [0.1, 0.15) is 9.84 Å². The fourth-order valence-corrected chi connectivity index (χ4v) is 6.54. The molecule has 9 heteroatoms. The van der Waals surface area contributed by atoms with Gasteiger partial charge in [0.2, 0.25) is 5.91 Å². The lowest BCUT2D eigenvalue weighted by atomic mass is 9.88. The summed E-state index contributed by atoms with van der Waals surface area (Å²) in [5, 5.41) is 3.78. The first-order valence-electron chi connectivity index (χ1n) is 9.82. The molecule has 154 valence electrons. The number of hydrogen-bond acceptors (Lipinski definition) is 6. The Bertz CT molecular complexity index is 815. The summed E-state index contributed by atoms with van der Waals surface area (Å²) in [7, 11) is -2.97. The lowest BCUT2D eigenvalue weighted by molar-refractivity contribution is -0.161. The molecule has 7 nitrogen and oxygen atoms in total. The first-order valence-corrected chi connectivity index (χ1v) is 12.6. The second-order valence-corrected chi connectivity index (χ2v) is 11.1. The Balaban J connectivity index is 1.35. The van der Waals surface area contributed by atoms with Crippen LogP contribution in [0.2, 0.25) is 0 Å². The molecule has 3 aliphatic heterocycles. The average Bonchev–Trinajstić information content (AvgIpc) is 3.22. The molecule has 1 aromatic heterocycles. The zero-order valence-electron chi connectivity index (χ0n) is 15.8. The molecule has 0 atom stereocenters. The van der Waals surface area contributed by atoms with Gasteiger partial charge in [-0.25, -0.2) is 8.42 Å². The van der Waals surface area contributed by atoms with Crippen molar-refractivity contribution in [3.8, 4) is 0 Å². The van der Waals surface area contributed by atoms with E-state index in [1.54, 1.807) is 0 Å². The lowest BCUT2D eigenvalue weighted by Crippen LogP contribution is -2.59. The number of amides is 2. The summed E-state index contributed by atoms with van der Waals surface area (Å²) in [6.45, 7) is 2.84. The van der Waals surface area contributed by atoms with Gasteiger partial charge in [-0.3, -0.25) is 9.59 Å². The van der Waals surface area contributed by atoms with E-state index in [4.69, 9.17) is 4.74 Å². The Labute approximate surface area is 169 Å². The van der Waals surface area contributed by atoms with Crippen LogP contribution in [0, 0.1) is 5.92 Å². The molecule has 3 fully saturated rings. The second-order valence-electron chi connectivity index (χ2n) is 8.02. The van der Waals surface area contributed by atoms with Crippen LogP contribution in [0.5, 0.6) is 0 Å². The molecule has 0 saturated carbocycles. The van der Waals surface area contributed by atoms with Gasteiger partial charge < -0.3 is 14.5 Å². The number of likely N-dealkylation sites (tertiary alicyclic amines) is 1. The Hall–Kier alpha value is -1.45. The first kappa shape index (κ1) is 19.8. The monoisotopic (exact) mass is 426 g/mol. The molecule has 4 heterocycles. The highest BCUT2D eigenvalue weighted by Crippen LogP contribution is 2.32. The predicted octanol–water partition coefficient (Wildman–Crippen LogP) is 1.41. The number of carbonyl (C=O) groups is 2. The number of morpholine rings is 1. The van der Waals surface area contributed by atoms with Crippen LogP contribution >= 0.6 is 11.3 Å². The zero-order valence-corrected chi connectivity index (χ0v) is 17.5. The van der Waals surface area contributed by atoms with Gasteiger partial charge in [-0.2, -0.15) is 11.3 Å². The third kappa shape index (κ3) is 4.11. The van der Waals surface area contributed by atoms with Gasteiger partial charge in [0, 0.05) is 37.5 Å². The van der Waals surface area contributed by atoms with E-state index in [-0.39, 0.29) is 34.8 Å². The molecule has 0 radical (unpaired) electrons. The minimum Gasteiger partial charge on any atom is -0.371 e. The largest absolute Gasteiger partial charge is 0.371 e. The third-order valence-electron chi connectivity index (χ3n) is 6.19. The fraction of sp³-hybridized carbons (Fsp3) is 0.684. The summed E-state index contributed by atoms with van der Waals surface area (Å²) in [5.74, 6) is 0.147. The molecule has 1 spiro atoms. The van der Waals surface area contributed by atoms with Gasteiger partial charge in [0.05, 0.1) is 29.3 Å². The molecule has 0 N–H and O–H groups in total. The van der Waals surface area contributed by atoms with Crippen LogP contribution in [0.1, 0.15) is 36.0 Å². The molecular weight excluding hydrogens is 400 g/mol. The van der Waals surface area contributed by atoms with Crippen molar-refractivity contribution in [2.24, 2.45) is 5.92 Å². The van der Waals surface area contributed by atoms with Gasteiger partial charge in [0.15, 0.2) is 0 Å². The molecule has 28 heavy (non-hydrogen) atoms. The Morgan fingerprint density at radius 2 is 1.82 bits per heavy atom. The van der Waals surface area contributed by atoms with Crippen LogP contribution in [0.25, 0.3) is 0 Å². The van der Waals surface area contributed by atoms with Crippen LogP contribution in [-0.4, -0.2) is 79.9 Å². The number of thiophene rings is 1. The highest BCUT2D eigenvalue weighted by atomic mass is 32.2. The summed E-state index contributed by atoms with van der Waals surface area (Å²) in [6.07, 6.45) is 2.28. The van der Waals surface area contributed by atoms with E-state index in [0.29, 0.717) is 58.5 Å². The first-order chi connectivity index (χ1) is 13.4. The van der Waals surface area contributed by atoms with Crippen molar-refractivity contribution < 1.29 is 22.7 Å². The highest BCUT2D eigenvalue weighted by molar-refractivity contribution is 7.91. The van der Waals surface area contributed by atoms with Crippen molar-refractivity contribution in [3.05, 3.63) is 22.4 Å². The molecule has 1 aromatic rings. The maximum atomic E-state index is 12.9. The molecule has 0 unspecified atom stereocenters. The van der Waals surface area contributed by atoms with E-state index in [1.807, 2.05) is 26.6 Å². The van der Waals surface area contributed by atoms with Gasteiger partial charge in [-0.05, 0) is 37.1 Å². The summed E-state index contributed by atoms with van der Waals surface area (Å²) in [6, 6.07) is 1.85. The van der Waals surface area contributed by atoms with E-state index in [2.05, 4.69) is 0 Å². The van der Waals surface area contributed by atoms with Crippen LogP contribution in [0.4, 0.5) is 0 Å². The normalized spacial score (nSPS) is 25.0. The number of nitrogens with zero attached hydrogens (tertiary/aromatic N) is 2. The summed E-state index contributed by atoms with van der Waals surface area (Å²) in [4.78, 5) is 29.2. The van der Waals surface area contributed by atoms with Crippen LogP contribution in [0.15, 0.2) is 16.8 Å². The van der Waals surface area contributed by atoms with Crippen molar-refractivity contribution in [2.75, 3.05) is 44.3 Å². The van der Waals surface area contributed by atoms with Crippen LogP contribution in [0.3, 0.4) is 0 Å². The predicted molar refractivity (Wildman–Crippen MR) is 106 cm³/mol. The summed E-state index contributed by atoms with van der Waals surface area (Å²) in [5.41, 5.74) is 0.342. The molecule has 0 aromatic carbocycles. The summed E-state index contributed by atoms with van der Waals surface area (Å²) >= 11 is 1.52. The standard InChI is InChI=1S/C19H26N2O5S2/c22-17(15-2-11-28(24,25)12-3-15)21-8-9-26-19(14-21)4-6-20(7-5-19)18(23)16-1-10-27-13-16/h1,10,13,15H,2-9,11-12,14H2. The minimum atomic E-state index is -2.97. The van der Waals surface area contributed by atoms with Crippen molar-refractivity contribution in [2.45, 2.75) is 31.3 Å². The van der Waals surface area contributed by atoms with Gasteiger partial charge in [-0.15, -0.1) is 0 Å². The molecular formula is C19H26N2O5S2. The molecule has 0 aliphatic carbocycles. The number of ether oxygens (including phenoxy) is 1. The maximum Gasteiger partial charge on any atom is 0.254 e. The minimum absolute atomic E-state index is 0.0586. The van der Waals surface area contributed by atoms with Gasteiger partial charge >= 0.3 is 0 Å². The Morgan fingerprint density at radius 3 is 2.46 bits per heavy atom. The van der Waals surface area contributed by atoms with Gasteiger partial charge in [0.25, 0.3) is 5.91 Å². The van der Waals surface area contributed by atoms with E-state index in [1.165, 1.54) is 11.3 Å². The number of rotatable bonds is 2. The number of hydrogen-bond donors (Lipinski definition) is 0. The van der Waals surface area contributed by atoms with Crippen LogP contribution in [-0.2, 0) is 19.4 Å². The molecule has 0 bridgehead atoms. The highest BCUT2D eigenvalue weighted by Gasteiger charge is 2.43. The van der Waals surface area contributed by atoms with Crippen molar-refractivity contribution in [3.63, 3.8) is 0 Å². The van der Waals surface area contributed by atoms with Crippen molar-refractivity contribution in [1.29, 1.82) is 0 Å². The van der Waals surface area contributed by atoms with E-state index in [0.717, 1.165) is 5.56 Å². The lowest BCUT2D eigenvalue weighted by Gasteiger charge is -2.48. The average molecular weight is 427 g/mol. The molecule has 3 saturated heterocycles. The van der Waals surface area contributed by atoms with E-state index < -0.39 is 9.84 Å². The van der Waals surface area contributed by atoms with E-state index in [9.17, 15) is 18.0 Å². The molecule has 3 aliphatic rings. The van der Waals surface area contributed by atoms with Gasteiger partial charge in [-0.1, -0.05) is 0 Å². The second kappa shape index (κ2) is 7.76. The number of carbonyl (C=O) groups excluding carboxylic acids is 2. The Morgan fingerprint density at radius 1 is 1.11 bits per heavy atom. The smallest absolute Gasteiger partial charge is 0.254 e. The van der Waals surface area contributed by atoms with Crippen molar-refractivity contribution >= 4 is 33.0 Å². The summed E-state index contributed by atoms with van der Waals surface area (Å²) < 4.78 is 29.4. The number of sulfone groups is 1. The number of piperidine rings is 1. The molecule has 2 amide bonds. The SMILES string of the molecule is O=C(c1ccsc1)N1CCC2(CC1)CN(C(=O)C1CCS(=O)(=O)CC1)CCO2. The third-order valence-corrected chi connectivity index (χ3v) is 8.59. The van der Waals surface area contributed by atoms with Crippen molar-refractivity contribution in [1.82, 2.24) is 9.80 Å².